The number of pyridine rings is 2. The first-order valence-electron chi connectivity index (χ1n) is 8.65. The molecule has 0 bridgehead atoms. The third-order valence-corrected chi connectivity index (χ3v) is 4.47. The Morgan fingerprint density at radius 3 is 2.73 bits per heavy atom. The number of hydrogen-bond donors (Lipinski definition) is 2. The highest BCUT2D eigenvalue weighted by Gasteiger charge is 2.29. The molecule has 0 aliphatic heterocycles. The number of aromatic nitrogens is 2. The van der Waals surface area contributed by atoms with Gasteiger partial charge in [0, 0.05) is 30.2 Å². The van der Waals surface area contributed by atoms with Crippen molar-refractivity contribution in [3.63, 3.8) is 0 Å². The predicted octanol–water partition coefficient (Wildman–Crippen LogP) is 3.60. The van der Waals surface area contributed by atoms with Crippen molar-refractivity contribution >= 4 is 28.3 Å². The second kappa shape index (κ2) is 7.00. The van der Waals surface area contributed by atoms with E-state index in [0.29, 0.717) is 12.4 Å². The van der Waals surface area contributed by atoms with Gasteiger partial charge in [0.15, 0.2) is 0 Å². The SMILES string of the molecule is COc1ccc(CNc2nccc3cc(NC(=O)C4CC4)ncc23)cc1. The molecule has 0 atom stereocenters. The minimum atomic E-state index is 0.0590. The van der Waals surface area contributed by atoms with E-state index >= 15 is 0 Å². The number of anilines is 2. The molecule has 2 aromatic heterocycles. The molecule has 0 spiro atoms. The van der Waals surface area contributed by atoms with Crippen LogP contribution < -0.4 is 15.4 Å². The summed E-state index contributed by atoms with van der Waals surface area (Å²) in [5.41, 5.74) is 1.13. The summed E-state index contributed by atoms with van der Waals surface area (Å²) in [5.74, 6) is 2.41. The van der Waals surface area contributed by atoms with Gasteiger partial charge in [0.05, 0.1) is 7.11 Å². The van der Waals surface area contributed by atoms with Crippen molar-refractivity contribution in [1.82, 2.24) is 9.97 Å². The Hall–Kier alpha value is -3.15. The normalized spacial score (nSPS) is 13.4. The van der Waals surface area contributed by atoms with Crippen LogP contribution in [0.4, 0.5) is 11.6 Å². The number of amides is 1. The van der Waals surface area contributed by atoms with Crippen molar-refractivity contribution in [3.8, 4) is 5.75 Å². The number of nitrogens with one attached hydrogen (secondary N) is 2. The largest absolute Gasteiger partial charge is 0.497 e. The second-order valence-corrected chi connectivity index (χ2v) is 6.42. The van der Waals surface area contributed by atoms with E-state index in [9.17, 15) is 4.79 Å². The van der Waals surface area contributed by atoms with Gasteiger partial charge in [0.25, 0.3) is 0 Å². The Morgan fingerprint density at radius 2 is 2.00 bits per heavy atom. The van der Waals surface area contributed by atoms with Crippen molar-refractivity contribution in [3.05, 3.63) is 54.4 Å². The van der Waals surface area contributed by atoms with Gasteiger partial charge in [-0.15, -0.1) is 0 Å². The topological polar surface area (TPSA) is 76.1 Å². The molecule has 4 rings (SSSR count). The van der Waals surface area contributed by atoms with Gasteiger partial charge in [-0.25, -0.2) is 9.97 Å². The minimum absolute atomic E-state index is 0.0590. The first-order valence-corrected chi connectivity index (χ1v) is 8.65. The van der Waals surface area contributed by atoms with Crippen LogP contribution in [0.25, 0.3) is 10.8 Å². The van der Waals surface area contributed by atoms with Gasteiger partial charge in [0.1, 0.15) is 17.4 Å². The van der Waals surface area contributed by atoms with E-state index in [1.165, 1.54) is 0 Å². The van der Waals surface area contributed by atoms with Gasteiger partial charge in [-0.05, 0) is 48.1 Å². The summed E-state index contributed by atoms with van der Waals surface area (Å²) in [4.78, 5) is 20.7. The third-order valence-electron chi connectivity index (χ3n) is 4.47. The lowest BCUT2D eigenvalue weighted by Gasteiger charge is -2.10. The van der Waals surface area contributed by atoms with Crippen molar-refractivity contribution in [2.75, 3.05) is 17.7 Å². The van der Waals surface area contributed by atoms with Crippen LogP contribution in [-0.4, -0.2) is 23.0 Å². The molecule has 0 saturated heterocycles. The average molecular weight is 348 g/mol. The fraction of sp³-hybridized carbons (Fsp3) is 0.250. The Labute approximate surface area is 151 Å². The Kier molecular flexibility index (Phi) is 4.39. The number of benzene rings is 1. The average Bonchev–Trinajstić information content (AvgIpc) is 3.52. The van der Waals surface area contributed by atoms with E-state index in [2.05, 4.69) is 20.6 Å². The Bertz CT molecular complexity index is 936. The number of nitrogens with zero attached hydrogens (tertiary/aromatic N) is 2. The summed E-state index contributed by atoms with van der Waals surface area (Å²) in [6, 6.07) is 11.7. The number of methoxy groups -OCH3 is 1. The number of fused-ring (bicyclic) bond motifs is 1. The number of rotatable bonds is 6. The molecule has 1 aromatic carbocycles. The number of carbonyl (C=O) groups is 1. The van der Waals surface area contributed by atoms with E-state index in [1.807, 2.05) is 36.4 Å². The Balaban J connectivity index is 1.50. The molecule has 1 aliphatic rings. The highest BCUT2D eigenvalue weighted by atomic mass is 16.5. The van der Waals surface area contributed by atoms with E-state index in [4.69, 9.17) is 4.74 Å². The van der Waals surface area contributed by atoms with Crippen LogP contribution in [-0.2, 0) is 11.3 Å². The molecule has 1 saturated carbocycles. The van der Waals surface area contributed by atoms with Crippen LogP contribution in [0.1, 0.15) is 18.4 Å². The van der Waals surface area contributed by atoms with Crippen LogP contribution in [0.5, 0.6) is 5.75 Å². The van der Waals surface area contributed by atoms with Crippen LogP contribution >= 0.6 is 0 Å². The number of carbonyl (C=O) groups excluding carboxylic acids is 1. The predicted molar refractivity (Wildman–Crippen MR) is 101 cm³/mol. The maximum Gasteiger partial charge on any atom is 0.228 e. The zero-order valence-electron chi connectivity index (χ0n) is 14.5. The molecule has 2 heterocycles. The lowest BCUT2D eigenvalue weighted by atomic mass is 10.2. The monoisotopic (exact) mass is 348 g/mol. The van der Waals surface area contributed by atoms with Crippen LogP contribution in [0.3, 0.4) is 0 Å². The first-order chi connectivity index (χ1) is 12.7. The molecule has 1 aliphatic carbocycles. The third kappa shape index (κ3) is 3.59. The smallest absolute Gasteiger partial charge is 0.228 e. The number of ether oxygens (including phenoxy) is 1. The van der Waals surface area contributed by atoms with Gasteiger partial charge < -0.3 is 15.4 Å². The van der Waals surface area contributed by atoms with Crippen LogP contribution in [0.15, 0.2) is 48.8 Å². The molecule has 6 heteroatoms. The molecule has 1 amide bonds. The molecule has 2 N–H and O–H groups in total. The van der Waals surface area contributed by atoms with Crippen molar-refractivity contribution < 1.29 is 9.53 Å². The van der Waals surface area contributed by atoms with Gasteiger partial charge in [-0.1, -0.05) is 12.1 Å². The maximum absolute atomic E-state index is 11.9. The van der Waals surface area contributed by atoms with E-state index in [0.717, 1.165) is 40.7 Å². The van der Waals surface area contributed by atoms with E-state index in [1.54, 1.807) is 19.5 Å². The Morgan fingerprint density at radius 1 is 1.19 bits per heavy atom. The van der Waals surface area contributed by atoms with Gasteiger partial charge in [-0.2, -0.15) is 0 Å². The maximum atomic E-state index is 11.9. The fourth-order valence-corrected chi connectivity index (χ4v) is 2.78. The molecule has 132 valence electrons. The zero-order chi connectivity index (χ0) is 17.9. The molecule has 0 radical (unpaired) electrons. The summed E-state index contributed by atoms with van der Waals surface area (Å²) in [7, 11) is 1.65. The molecule has 1 fully saturated rings. The number of hydrogen-bond acceptors (Lipinski definition) is 5. The van der Waals surface area contributed by atoms with Crippen molar-refractivity contribution in [2.45, 2.75) is 19.4 Å². The summed E-state index contributed by atoms with van der Waals surface area (Å²) < 4.78 is 5.18. The standard InChI is InChI=1S/C20H20N4O2/c1-26-16-6-2-13(3-7-16)11-23-19-17-12-22-18(10-15(17)8-9-21-19)24-20(25)14-4-5-14/h2-3,6-10,12,14H,4-5,11H2,1H3,(H,21,23)(H,22,24,25). The molecular formula is C20H20N4O2. The lowest BCUT2D eigenvalue weighted by molar-refractivity contribution is -0.117. The fourth-order valence-electron chi connectivity index (χ4n) is 2.78. The lowest BCUT2D eigenvalue weighted by Crippen LogP contribution is -2.14. The molecular weight excluding hydrogens is 328 g/mol. The van der Waals surface area contributed by atoms with Crippen LogP contribution in [0, 0.1) is 5.92 Å². The van der Waals surface area contributed by atoms with Gasteiger partial charge >= 0.3 is 0 Å². The molecule has 3 aromatic rings. The summed E-state index contributed by atoms with van der Waals surface area (Å²) in [6.45, 7) is 0.649. The quantitative estimate of drug-likeness (QED) is 0.712. The highest BCUT2D eigenvalue weighted by Crippen LogP contribution is 2.30. The van der Waals surface area contributed by atoms with Crippen LogP contribution in [0.2, 0.25) is 0 Å². The van der Waals surface area contributed by atoms with Gasteiger partial charge in [-0.3, -0.25) is 4.79 Å². The van der Waals surface area contributed by atoms with Crippen molar-refractivity contribution in [1.29, 1.82) is 0 Å². The summed E-state index contributed by atoms with van der Waals surface area (Å²) in [6.07, 6.45) is 5.46. The summed E-state index contributed by atoms with van der Waals surface area (Å²) >= 11 is 0. The van der Waals surface area contributed by atoms with E-state index in [-0.39, 0.29) is 11.8 Å². The van der Waals surface area contributed by atoms with Gasteiger partial charge in [0.2, 0.25) is 5.91 Å². The molecule has 0 unspecified atom stereocenters. The molecule has 26 heavy (non-hydrogen) atoms. The highest BCUT2D eigenvalue weighted by molar-refractivity contribution is 5.97. The second-order valence-electron chi connectivity index (χ2n) is 6.42. The molecule has 6 nitrogen and oxygen atoms in total. The first kappa shape index (κ1) is 16.3. The van der Waals surface area contributed by atoms with Crippen molar-refractivity contribution in [2.24, 2.45) is 5.92 Å². The minimum Gasteiger partial charge on any atom is -0.497 e. The van der Waals surface area contributed by atoms with E-state index < -0.39 is 0 Å². The zero-order valence-corrected chi connectivity index (χ0v) is 14.5. The summed E-state index contributed by atoms with van der Waals surface area (Å²) in [5, 5.41) is 8.14.